The summed E-state index contributed by atoms with van der Waals surface area (Å²) in [6, 6.07) is 0. The van der Waals surface area contributed by atoms with Gasteiger partial charge in [-0.05, 0) is 36.0 Å². The molecule has 0 bridgehead atoms. The molecule has 0 heterocycles. The molecule has 1 atom stereocenters. The Hall–Kier alpha value is 0. The van der Waals surface area contributed by atoms with Gasteiger partial charge in [-0.3, -0.25) is 0 Å². The molecule has 0 saturated heterocycles. The molecule has 0 amide bonds. The summed E-state index contributed by atoms with van der Waals surface area (Å²) in [5, 5.41) is 0. The van der Waals surface area contributed by atoms with E-state index >= 15 is 0 Å². The maximum atomic E-state index is 2.43. The molecule has 1 aliphatic rings. The lowest BCUT2D eigenvalue weighted by Crippen LogP contribution is -2.25. The Morgan fingerprint density at radius 2 is 1.85 bits per heavy atom. The molecule has 0 radical (unpaired) electrons. The average molecular weight is 182 g/mol. The normalized spacial score (nSPS) is 28.8. The van der Waals surface area contributed by atoms with Gasteiger partial charge >= 0.3 is 0 Å². The highest BCUT2D eigenvalue weighted by molar-refractivity contribution is 4.81. The quantitative estimate of drug-likeness (QED) is 0.554. The standard InChI is InChI=1S/C13H26/c1-12(2,3)9-11-7-6-8-13(4,5)10-11/h11H,6-10H2,1-5H3. The Balaban J connectivity index is 2.44. The second-order valence-corrected chi connectivity index (χ2v) is 6.89. The van der Waals surface area contributed by atoms with Crippen LogP contribution in [0.2, 0.25) is 0 Å². The van der Waals surface area contributed by atoms with Crippen molar-refractivity contribution in [3.8, 4) is 0 Å². The first kappa shape index (κ1) is 11.1. The average Bonchev–Trinajstić information content (AvgIpc) is 1.79. The smallest absolute Gasteiger partial charge is 0.0352 e. The molecular formula is C13H26. The van der Waals surface area contributed by atoms with Crippen molar-refractivity contribution in [2.75, 3.05) is 0 Å². The van der Waals surface area contributed by atoms with Crippen LogP contribution >= 0.6 is 0 Å². The first-order valence-corrected chi connectivity index (χ1v) is 5.79. The first-order valence-electron chi connectivity index (χ1n) is 5.79. The topological polar surface area (TPSA) is 0 Å². The third kappa shape index (κ3) is 4.15. The van der Waals surface area contributed by atoms with E-state index in [2.05, 4.69) is 34.6 Å². The van der Waals surface area contributed by atoms with Crippen LogP contribution in [0.1, 0.15) is 66.7 Å². The van der Waals surface area contributed by atoms with Crippen LogP contribution in [0.15, 0.2) is 0 Å². The summed E-state index contributed by atoms with van der Waals surface area (Å²) in [5.74, 6) is 0.990. The summed E-state index contributed by atoms with van der Waals surface area (Å²) in [6.07, 6.45) is 7.22. The van der Waals surface area contributed by atoms with Gasteiger partial charge in [0, 0.05) is 0 Å². The fourth-order valence-corrected chi connectivity index (χ4v) is 2.90. The van der Waals surface area contributed by atoms with Crippen molar-refractivity contribution in [3.63, 3.8) is 0 Å². The fourth-order valence-electron chi connectivity index (χ4n) is 2.90. The molecule has 1 rings (SSSR count). The predicted molar refractivity (Wildman–Crippen MR) is 59.8 cm³/mol. The lowest BCUT2D eigenvalue weighted by molar-refractivity contribution is 0.142. The minimum atomic E-state index is 0.526. The second-order valence-electron chi connectivity index (χ2n) is 6.89. The van der Waals surface area contributed by atoms with Gasteiger partial charge in [0.25, 0.3) is 0 Å². The molecule has 0 aromatic rings. The Morgan fingerprint density at radius 3 is 2.31 bits per heavy atom. The molecule has 1 aliphatic carbocycles. The van der Waals surface area contributed by atoms with Crippen molar-refractivity contribution >= 4 is 0 Å². The third-order valence-corrected chi connectivity index (χ3v) is 3.21. The number of hydrogen-bond acceptors (Lipinski definition) is 0. The molecule has 0 aromatic heterocycles. The van der Waals surface area contributed by atoms with Crippen LogP contribution in [0.25, 0.3) is 0 Å². The molecule has 0 aliphatic heterocycles. The highest BCUT2D eigenvalue weighted by Crippen LogP contribution is 2.42. The van der Waals surface area contributed by atoms with E-state index in [9.17, 15) is 0 Å². The van der Waals surface area contributed by atoms with Crippen LogP contribution in [0.5, 0.6) is 0 Å². The second kappa shape index (κ2) is 3.63. The Labute approximate surface area is 84.1 Å². The van der Waals surface area contributed by atoms with Crippen molar-refractivity contribution in [3.05, 3.63) is 0 Å². The number of hydrogen-bond donors (Lipinski definition) is 0. The largest absolute Gasteiger partial charge is 0.0602 e. The van der Waals surface area contributed by atoms with Crippen molar-refractivity contribution in [2.24, 2.45) is 16.7 Å². The lowest BCUT2D eigenvalue weighted by atomic mass is 9.68. The van der Waals surface area contributed by atoms with Gasteiger partial charge < -0.3 is 0 Å². The zero-order valence-electron chi connectivity index (χ0n) is 10.1. The highest BCUT2D eigenvalue weighted by atomic mass is 14.4. The molecule has 0 N–H and O–H groups in total. The lowest BCUT2D eigenvalue weighted by Gasteiger charge is -2.38. The van der Waals surface area contributed by atoms with Crippen molar-refractivity contribution in [1.29, 1.82) is 0 Å². The molecule has 0 aromatic carbocycles. The van der Waals surface area contributed by atoms with E-state index in [4.69, 9.17) is 0 Å². The van der Waals surface area contributed by atoms with E-state index in [1.807, 2.05) is 0 Å². The van der Waals surface area contributed by atoms with E-state index in [1.54, 1.807) is 0 Å². The van der Waals surface area contributed by atoms with Gasteiger partial charge in [0.2, 0.25) is 0 Å². The molecule has 0 spiro atoms. The fraction of sp³-hybridized carbons (Fsp3) is 1.00. The van der Waals surface area contributed by atoms with Crippen LogP contribution < -0.4 is 0 Å². The number of rotatable bonds is 1. The highest BCUT2D eigenvalue weighted by Gasteiger charge is 2.30. The first-order chi connectivity index (χ1) is 5.79. The van der Waals surface area contributed by atoms with E-state index < -0.39 is 0 Å². The van der Waals surface area contributed by atoms with Crippen molar-refractivity contribution in [2.45, 2.75) is 66.7 Å². The van der Waals surface area contributed by atoms with Crippen molar-refractivity contribution < 1.29 is 0 Å². The molecule has 13 heavy (non-hydrogen) atoms. The zero-order chi connectivity index (χ0) is 10.1. The van der Waals surface area contributed by atoms with E-state index in [0.29, 0.717) is 10.8 Å². The molecule has 0 heteroatoms. The summed E-state index contributed by atoms with van der Waals surface area (Å²) >= 11 is 0. The van der Waals surface area contributed by atoms with Gasteiger partial charge in [-0.15, -0.1) is 0 Å². The van der Waals surface area contributed by atoms with Gasteiger partial charge in [-0.1, -0.05) is 47.5 Å². The zero-order valence-corrected chi connectivity index (χ0v) is 10.1. The summed E-state index contributed by atoms with van der Waals surface area (Å²) < 4.78 is 0. The molecule has 0 nitrogen and oxygen atoms in total. The van der Waals surface area contributed by atoms with Crippen molar-refractivity contribution in [1.82, 2.24) is 0 Å². The summed E-state index contributed by atoms with van der Waals surface area (Å²) in [4.78, 5) is 0. The van der Waals surface area contributed by atoms with Gasteiger partial charge in [-0.2, -0.15) is 0 Å². The molecule has 1 unspecified atom stereocenters. The minimum Gasteiger partial charge on any atom is -0.0602 e. The maximum absolute atomic E-state index is 2.43. The van der Waals surface area contributed by atoms with E-state index in [0.717, 1.165) is 5.92 Å². The molecular weight excluding hydrogens is 156 g/mol. The van der Waals surface area contributed by atoms with Gasteiger partial charge in [-0.25, -0.2) is 0 Å². The summed E-state index contributed by atoms with van der Waals surface area (Å²) in [5.41, 5.74) is 1.15. The SMILES string of the molecule is CC(C)(C)CC1CCCC(C)(C)C1. The van der Waals surface area contributed by atoms with Crippen LogP contribution in [-0.4, -0.2) is 0 Å². The van der Waals surface area contributed by atoms with Gasteiger partial charge in [0.1, 0.15) is 0 Å². The monoisotopic (exact) mass is 182 g/mol. The van der Waals surface area contributed by atoms with E-state index in [-0.39, 0.29) is 0 Å². The minimum absolute atomic E-state index is 0.526. The van der Waals surface area contributed by atoms with Crippen LogP contribution in [-0.2, 0) is 0 Å². The molecule has 1 saturated carbocycles. The Bertz CT molecular complexity index is 157. The van der Waals surface area contributed by atoms with Crippen LogP contribution in [0.4, 0.5) is 0 Å². The Kier molecular flexibility index (Phi) is 3.09. The molecule has 78 valence electrons. The maximum Gasteiger partial charge on any atom is -0.0352 e. The molecule has 1 fully saturated rings. The summed E-state index contributed by atoms with van der Waals surface area (Å²) in [6.45, 7) is 12.0. The predicted octanol–water partition coefficient (Wildman–Crippen LogP) is 4.64. The van der Waals surface area contributed by atoms with Crippen LogP contribution in [0.3, 0.4) is 0 Å². The van der Waals surface area contributed by atoms with Gasteiger partial charge in [0.15, 0.2) is 0 Å². The Morgan fingerprint density at radius 1 is 1.23 bits per heavy atom. The van der Waals surface area contributed by atoms with Crippen LogP contribution in [0, 0.1) is 16.7 Å². The van der Waals surface area contributed by atoms with E-state index in [1.165, 1.54) is 32.1 Å². The van der Waals surface area contributed by atoms with Gasteiger partial charge in [0.05, 0.1) is 0 Å². The summed E-state index contributed by atoms with van der Waals surface area (Å²) in [7, 11) is 0. The third-order valence-electron chi connectivity index (χ3n) is 3.21.